The molecular formula is C23H24FN3O2. The predicted molar refractivity (Wildman–Crippen MR) is 110 cm³/mol. The number of nitrogens with one attached hydrogen (secondary N) is 1. The monoisotopic (exact) mass is 393 g/mol. The third-order valence-corrected chi connectivity index (χ3v) is 6.86. The van der Waals surface area contributed by atoms with Crippen LogP contribution in [0.15, 0.2) is 24.8 Å². The molecule has 29 heavy (non-hydrogen) atoms. The van der Waals surface area contributed by atoms with E-state index in [0.29, 0.717) is 36.0 Å². The number of amides is 2. The molecule has 0 atom stereocenters. The minimum absolute atomic E-state index is 0.158. The Labute approximate surface area is 168 Å². The van der Waals surface area contributed by atoms with Crippen LogP contribution >= 0.6 is 0 Å². The molecule has 1 saturated carbocycles. The van der Waals surface area contributed by atoms with Crippen molar-refractivity contribution in [3.05, 3.63) is 53.0 Å². The van der Waals surface area contributed by atoms with Crippen LogP contribution in [0, 0.1) is 11.2 Å². The van der Waals surface area contributed by atoms with Gasteiger partial charge in [-0.25, -0.2) is 4.39 Å². The molecule has 5 rings (SSSR count). The summed E-state index contributed by atoms with van der Waals surface area (Å²) in [5, 5.41) is 0.777. The molecule has 2 heterocycles. The highest BCUT2D eigenvalue weighted by atomic mass is 19.1. The fraction of sp³-hybridized carbons (Fsp3) is 0.391. The predicted octanol–water partition coefficient (Wildman–Crippen LogP) is 3.48. The summed E-state index contributed by atoms with van der Waals surface area (Å²) in [5.74, 6) is -1.25. The molecule has 2 aromatic rings. The fourth-order valence-electron chi connectivity index (χ4n) is 5.08. The van der Waals surface area contributed by atoms with E-state index < -0.39 is 11.7 Å². The van der Waals surface area contributed by atoms with Crippen molar-refractivity contribution in [2.24, 2.45) is 11.1 Å². The van der Waals surface area contributed by atoms with E-state index in [-0.39, 0.29) is 11.5 Å². The standard InChI is InChI=1S/C23H24FN3O2/c1-2-18(28)27-9-3-4-13(12-27)19-16(24)10-14(22(25)29)21-20(19)15-11-23(7-8-23)6-5-17(15)26-21/h2,4,10,26H,1,3,5-9,11-12H2,(H2,25,29). The van der Waals surface area contributed by atoms with Gasteiger partial charge in [-0.05, 0) is 67.2 Å². The molecule has 5 nitrogen and oxygen atoms in total. The molecule has 1 aliphatic heterocycles. The summed E-state index contributed by atoms with van der Waals surface area (Å²) >= 11 is 0. The summed E-state index contributed by atoms with van der Waals surface area (Å²) in [6.45, 7) is 4.48. The molecule has 0 unspecified atom stereocenters. The molecule has 1 fully saturated rings. The molecule has 3 N–H and O–H groups in total. The quantitative estimate of drug-likeness (QED) is 0.783. The number of hydrogen-bond donors (Lipinski definition) is 2. The van der Waals surface area contributed by atoms with Crippen molar-refractivity contribution < 1.29 is 14.0 Å². The second-order valence-electron chi connectivity index (χ2n) is 8.64. The van der Waals surface area contributed by atoms with Gasteiger partial charge < -0.3 is 15.6 Å². The third-order valence-electron chi connectivity index (χ3n) is 6.86. The number of primary amides is 1. The smallest absolute Gasteiger partial charge is 0.250 e. The number of aromatic amines is 1. The molecule has 6 heteroatoms. The Morgan fingerprint density at radius 1 is 1.31 bits per heavy atom. The normalized spacial score (nSPS) is 19.8. The number of benzene rings is 1. The number of hydrogen-bond acceptors (Lipinski definition) is 2. The second kappa shape index (κ2) is 6.31. The van der Waals surface area contributed by atoms with Crippen LogP contribution < -0.4 is 5.73 Å². The molecule has 0 bridgehead atoms. The highest BCUT2D eigenvalue weighted by Gasteiger charge is 2.46. The number of fused-ring (bicyclic) bond motifs is 3. The van der Waals surface area contributed by atoms with Crippen LogP contribution in [0.25, 0.3) is 16.5 Å². The Balaban J connectivity index is 1.72. The van der Waals surface area contributed by atoms with Gasteiger partial charge in [0.25, 0.3) is 5.91 Å². The average molecular weight is 393 g/mol. The Morgan fingerprint density at radius 3 is 2.79 bits per heavy atom. The van der Waals surface area contributed by atoms with Gasteiger partial charge in [-0.3, -0.25) is 9.59 Å². The Bertz CT molecular complexity index is 1110. The van der Waals surface area contributed by atoms with Crippen molar-refractivity contribution in [1.29, 1.82) is 0 Å². The van der Waals surface area contributed by atoms with Crippen molar-refractivity contribution in [3.63, 3.8) is 0 Å². The number of carbonyl (C=O) groups is 2. The van der Waals surface area contributed by atoms with Crippen LogP contribution in [0.4, 0.5) is 4.39 Å². The molecule has 0 saturated heterocycles. The maximum Gasteiger partial charge on any atom is 0.250 e. The fourth-order valence-corrected chi connectivity index (χ4v) is 5.08. The summed E-state index contributed by atoms with van der Waals surface area (Å²) in [7, 11) is 0. The lowest BCUT2D eigenvalue weighted by Crippen LogP contribution is -2.34. The highest BCUT2D eigenvalue weighted by Crippen LogP contribution is 2.56. The van der Waals surface area contributed by atoms with Crippen LogP contribution in [0.3, 0.4) is 0 Å². The molecule has 1 aromatic carbocycles. The Kier molecular flexibility index (Phi) is 3.95. The van der Waals surface area contributed by atoms with Gasteiger partial charge in [-0.1, -0.05) is 12.7 Å². The number of rotatable bonds is 3. The molecule has 2 aliphatic carbocycles. The number of carbonyl (C=O) groups excluding carboxylic acids is 2. The second-order valence-corrected chi connectivity index (χ2v) is 8.64. The summed E-state index contributed by atoms with van der Waals surface area (Å²) < 4.78 is 15.4. The van der Waals surface area contributed by atoms with Gasteiger partial charge >= 0.3 is 0 Å². The van der Waals surface area contributed by atoms with E-state index in [0.717, 1.165) is 41.5 Å². The van der Waals surface area contributed by atoms with Crippen LogP contribution in [0.5, 0.6) is 0 Å². The molecular weight excluding hydrogens is 369 g/mol. The number of nitrogens with zero attached hydrogens (tertiary/aromatic N) is 1. The molecule has 150 valence electrons. The van der Waals surface area contributed by atoms with E-state index in [2.05, 4.69) is 11.6 Å². The highest BCUT2D eigenvalue weighted by molar-refractivity contribution is 6.09. The maximum atomic E-state index is 15.4. The van der Waals surface area contributed by atoms with Crippen molar-refractivity contribution in [3.8, 4) is 0 Å². The third kappa shape index (κ3) is 2.81. The van der Waals surface area contributed by atoms with E-state index in [1.54, 1.807) is 4.90 Å². The van der Waals surface area contributed by atoms with Crippen LogP contribution in [-0.2, 0) is 17.6 Å². The molecule has 2 amide bonds. The topological polar surface area (TPSA) is 79.2 Å². The van der Waals surface area contributed by atoms with Gasteiger partial charge in [0.2, 0.25) is 5.91 Å². The summed E-state index contributed by atoms with van der Waals surface area (Å²) in [6.07, 6.45) is 9.30. The van der Waals surface area contributed by atoms with Gasteiger partial charge in [0, 0.05) is 29.7 Å². The number of aromatic nitrogens is 1. The summed E-state index contributed by atoms with van der Waals surface area (Å²) in [4.78, 5) is 29.2. The van der Waals surface area contributed by atoms with E-state index in [9.17, 15) is 9.59 Å². The largest absolute Gasteiger partial charge is 0.366 e. The molecule has 3 aliphatic rings. The lowest BCUT2D eigenvalue weighted by Gasteiger charge is -2.28. The number of aryl methyl sites for hydroxylation is 1. The van der Waals surface area contributed by atoms with E-state index in [1.165, 1.54) is 25.0 Å². The van der Waals surface area contributed by atoms with Gasteiger partial charge in [0.1, 0.15) is 5.82 Å². The lowest BCUT2D eigenvalue weighted by atomic mass is 9.82. The zero-order valence-corrected chi connectivity index (χ0v) is 16.3. The van der Waals surface area contributed by atoms with Crippen molar-refractivity contribution >= 4 is 28.3 Å². The van der Waals surface area contributed by atoms with Crippen LogP contribution in [-0.4, -0.2) is 34.8 Å². The number of H-pyrrole nitrogens is 1. The Morgan fingerprint density at radius 2 is 2.10 bits per heavy atom. The maximum absolute atomic E-state index is 15.4. The van der Waals surface area contributed by atoms with Crippen molar-refractivity contribution in [1.82, 2.24) is 9.88 Å². The molecule has 1 spiro atoms. The van der Waals surface area contributed by atoms with Crippen LogP contribution in [0.2, 0.25) is 0 Å². The van der Waals surface area contributed by atoms with Gasteiger partial charge in [-0.2, -0.15) is 0 Å². The van der Waals surface area contributed by atoms with E-state index >= 15 is 4.39 Å². The minimum Gasteiger partial charge on any atom is -0.366 e. The van der Waals surface area contributed by atoms with Crippen molar-refractivity contribution in [2.75, 3.05) is 13.1 Å². The number of nitrogens with two attached hydrogens (primary N) is 1. The van der Waals surface area contributed by atoms with E-state index in [4.69, 9.17) is 5.73 Å². The first-order valence-corrected chi connectivity index (χ1v) is 10.2. The first-order chi connectivity index (χ1) is 13.9. The number of halogens is 1. The summed E-state index contributed by atoms with van der Waals surface area (Å²) in [6, 6.07) is 1.24. The molecule has 1 aromatic heterocycles. The first-order valence-electron chi connectivity index (χ1n) is 10.2. The Hall–Kier alpha value is -2.89. The van der Waals surface area contributed by atoms with Gasteiger partial charge in [0.15, 0.2) is 0 Å². The SMILES string of the molecule is C=CC(=O)N1CCC=C(c2c(F)cc(C(N)=O)c3[nH]c4c(c23)CC2(CC4)CC2)C1. The van der Waals surface area contributed by atoms with Crippen molar-refractivity contribution in [2.45, 2.75) is 38.5 Å². The lowest BCUT2D eigenvalue weighted by molar-refractivity contribution is -0.125. The molecule has 0 radical (unpaired) electrons. The van der Waals surface area contributed by atoms with Gasteiger partial charge in [0.05, 0.1) is 11.1 Å². The first kappa shape index (κ1) is 18.2. The van der Waals surface area contributed by atoms with E-state index in [1.807, 2.05) is 6.08 Å². The van der Waals surface area contributed by atoms with Gasteiger partial charge in [-0.15, -0.1) is 0 Å². The van der Waals surface area contributed by atoms with Crippen LogP contribution in [0.1, 0.15) is 52.9 Å². The summed E-state index contributed by atoms with van der Waals surface area (Å²) in [5.41, 5.74) is 10.2. The zero-order valence-electron chi connectivity index (χ0n) is 16.3. The zero-order chi connectivity index (χ0) is 20.3. The minimum atomic E-state index is -0.638. The average Bonchev–Trinajstić information content (AvgIpc) is 3.37.